The molecule has 1 saturated heterocycles. The third-order valence-corrected chi connectivity index (χ3v) is 6.26. The number of thiazole rings is 1. The molecule has 4 heterocycles. The molecule has 1 amide bonds. The van der Waals surface area contributed by atoms with Gasteiger partial charge >= 0.3 is 0 Å². The first-order chi connectivity index (χ1) is 13.8. The number of hydrogen-bond donors (Lipinski definition) is 0. The lowest BCUT2D eigenvalue weighted by atomic mass is 9.96. The Morgan fingerprint density at radius 1 is 1.00 bits per heavy atom. The summed E-state index contributed by atoms with van der Waals surface area (Å²) in [4.78, 5) is 20.0. The van der Waals surface area contributed by atoms with Crippen molar-refractivity contribution in [3.63, 3.8) is 0 Å². The van der Waals surface area contributed by atoms with Gasteiger partial charge in [-0.05, 0) is 25.0 Å². The van der Waals surface area contributed by atoms with Crippen molar-refractivity contribution in [3.8, 4) is 10.6 Å². The average molecular weight is 389 g/mol. The molecule has 0 radical (unpaired) electrons. The van der Waals surface area contributed by atoms with Gasteiger partial charge in [0.2, 0.25) is 0 Å². The molecule has 1 aliphatic heterocycles. The van der Waals surface area contributed by atoms with Crippen molar-refractivity contribution in [2.75, 3.05) is 13.1 Å². The van der Waals surface area contributed by atoms with Crippen LogP contribution < -0.4 is 0 Å². The molecule has 3 aromatic heterocycles. The maximum atomic E-state index is 12.9. The lowest BCUT2D eigenvalue weighted by Crippen LogP contribution is -2.37. The molecule has 28 heavy (non-hydrogen) atoms. The minimum Gasteiger partial charge on any atom is -0.338 e. The maximum Gasteiger partial charge on any atom is 0.265 e. The van der Waals surface area contributed by atoms with E-state index in [0.29, 0.717) is 10.8 Å². The number of nitrogens with zero attached hydrogens (tertiary/aromatic N) is 5. The van der Waals surface area contributed by atoms with Crippen molar-refractivity contribution in [3.05, 3.63) is 71.6 Å². The van der Waals surface area contributed by atoms with Crippen LogP contribution in [-0.4, -0.2) is 43.5 Å². The molecule has 0 saturated carbocycles. The highest BCUT2D eigenvalue weighted by Crippen LogP contribution is 2.30. The molecule has 4 aromatic rings. The molecule has 5 rings (SSSR count). The predicted octanol–water partition coefficient (Wildman–Crippen LogP) is 3.87. The number of aromatic nitrogens is 4. The number of hydrogen-bond acceptors (Lipinski definition) is 5. The largest absolute Gasteiger partial charge is 0.338 e. The molecule has 0 spiro atoms. The van der Waals surface area contributed by atoms with Gasteiger partial charge in [0.25, 0.3) is 5.91 Å². The van der Waals surface area contributed by atoms with Gasteiger partial charge < -0.3 is 4.90 Å². The Morgan fingerprint density at radius 3 is 2.61 bits per heavy atom. The molecular formula is C21H19N5OS. The Bertz CT molecular complexity index is 1110. The molecule has 0 unspecified atom stereocenters. The summed E-state index contributed by atoms with van der Waals surface area (Å²) in [6, 6.07) is 15.9. The van der Waals surface area contributed by atoms with Crippen LogP contribution in [0.1, 0.15) is 34.3 Å². The summed E-state index contributed by atoms with van der Waals surface area (Å²) < 4.78 is 2.05. The van der Waals surface area contributed by atoms with Crippen molar-refractivity contribution < 1.29 is 4.79 Å². The van der Waals surface area contributed by atoms with Gasteiger partial charge in [0.1, 0.15) is 15.7 Å². The number of rotatable bonds is 3. The summed E-state index contributed by atoms with van der Waals surface area (Å²) in [5, 5.41) is 9.52. The zero-order chi connectivity index (χ0) is 18.9. The maximum absolute atomic E-state index is 12.9. The summed E-state index contributed by atoms with van der Waals surface area (Å²) in [6.07, 6.45) is 5.50. The molecule has 1 aliphatic rings. The number of carbonyl (C=O) groups is 1. The molecule has 0 N–H and O–H groups in total. The second-order valence-corrected chi connectivity index (χ2v) is 7.98. The smallest absolute Gasteiger partial charge is 0.265 e. The van der Waals surface area contributed by atoms with Crippen LogP contribution in [0.5, 0.6) is 0 Å². The highest BCUT2D eigenvalue weighted by molar-refractivity contribution is 7.16. The number of pyridine rings is 1. The Balaban J connectivity index is 1.28. The monoisotopic (exact) mass is 389 g/mol. The minimum absolute atomic E-state index is 0.0734. The third-order valence-electron chi connectivity index (χ3n) is 5.22. The van der Waals surface area contributed by atoms with E-state index in [9.17, 15) is 4.79 Å². The zero-order valence-corrected chi connectivity index (χ0v) is 16.0. The van der Waals surface area contributed by atoms with E-state index in [1.165, 1.54) is 11.3 Å². The first-order valence-electron chi connectivity index (χ1n) is 9.40. The second kappa shape index (κ2) is 7.16. The fourth-order valence-electron chi connectivity index (χ4n) is 3.72. The Morgan fingerprint density at radius 2 is 1.79 bits per heavy atom. The van der Waals surface area contributed by atoms with Crippen LogP contribution in [-0.2, 0) is 0 Å². The number of amides is 1. The van der Waals surface area contributed by atoms with Gasteiger partial charge in [-0.1, -0.05) is 36.4 Å². The van der Waals surface area contributed by atoms with E-state index in [4.69, 9.17) is 0 Å². The molecule has 7 heteroatoms. The lowest BCUT2D eigenvalue weighted by Gasteiger charge is -2.30. The quantitative estimate of drug-likeness (QED) is 0.534. The van der Waals surface area contributed by atoms with E-state index >= 15 is 0 Å². The highest BCUT2D eigenvalue weighted by Gasteiger charge is 2.28. The normalized spacial score (nSPS) is 15.2. The van der Waals surface area contributed by atoms with Crippen LogP contribution in [0.4, 0.5) is 0 Å². The van der Waals surface area contributed by atoms with E-state index in [-0.39, 0.29) is 5.91 Å². The van der Waals surface area contributed by atoms with Gasteiger partial charge in [0.05, 0.1) is 6.20 Å². The SMILES string of the molecule is O=C(c1cnc(-c2ccccc2)s1)N1CCC(c2nnc3ccccn23)CC1. The van der Waals surface area contributed by atoms with Gasteiger partial charge in [-0.25, -0.2) is 4.98 Å². The van der Waals surface area contributed by atoms with Gasteiger partial charge in [-0.3, -0.25) is 9.20 Å². The van der Waals surface area contributed by atoms with Gasteiger partial charge in [0, 0.05) is 30.8 Å². The van der Waals surface area contributed by atoms with Crippen LogP contribution in [0.2, 0.25) is 0 Å². The Kier molecular flexibility index (Phi) is 4.37. The minimum atomic E-state index is 0.0734. The summed E-state index contributed by atoms with van der Waals surface area (Å²) in [5.41, 5.74) is 1.91. The highest BCUT2D eigenvalue weighted by atomic mass is 32.1. The molecule has 0 aliphatic carbocycles. The summed E-state index contributed by atoms with van der Waals surface area (Å²) in [5.74, 6) is 1.39. The van der Waals surface area contributed by atoms with E-state index < -0.39 is 0 Å². The van der Waals surface area contributed by atoms with E-state index in [2.05, 4.69) is 19.6 Å². The van der Waals surface area contributed by atoms with Crippen LogP contribution in [0.15, 0.2) is 60.9 Å². The first kappa shape index (κ1) is 17.1. The number of likely N-dealkylation sites (tertiary alicyclic amines) is 1. The molecule has 0 bridgehead atoms. The van der Waals surface area contributed by atoms with Crippen LogP contribution in [0, 0.1) is 0 Å². The molecule has 0 atom stereocenters. The van der Waals surface area contributed by atoms with Crippen molar-refractivity contribution in [2.24, 2.45) is 0 Å². The number of benzene rings is 1. The topological polar surface area (TPSA) is 63.4 Å². The molecule has 140 valence electrons. The second-order valence-electron chi connectivity index (χ2n) is 6.95. The van der Waals surface area contributed by atoms with Crippen LogP contribution in [0.25, 0.3) is 16.2 Å². The van der Waals surface area contributed by atoms with Crippen molar-refractivity contribution in [2.45, 2.75) is 18.8 Å². The van der Waals surface area contributed by atoms with Crippen molar-refractivity contribution in [1.82, 2.24) is 24.5 Å². The average Bonchev–Trinajstić information content (AvgIpc) is 3.42. The summed E-state index contributed by atoms with van der Waals surface area (Å²) in [7, 11) is 0. The molecule has 1 aromatic carbocycles. The van der Waals surface area contributed by atoms with Gasteiger partial charge in [-0.2, -0.15) is 0 Å². The lowest BCUT2D eigenvalue weighted by molar-refractivity contribution is 0.0715. The van der Waals surface area contributed by atoms with E-state index in [1.54, 1.807) is 6.20 Å². The van der Waals surface area contributed by atoms with Crippen LogP contribution in [0.3, 0.4) is 0 Å². The predicted molar refractivity (Wildman–Crippen MR) is 108 cm³/mol. The standard InChI is InChI=1S/C21H19N5OS/c27-21(17-14-22-20(28-17)16-6-2-1-3-7-16)25-12-9-15(10-13-25)19-24-23-18-8-4-5-11-26(18)19/h1-8,11,14-15H,9-10,12-13H2. The summed E-state index contributed by atoms with van der Waals surface area (Å²) in [6.45, 7) is 1.45. The molecule has 1 fully saturated rings. The fourth-order valence-corrected chi connectivity index (χ4v) is 4.61. The first-order valence-corrected chi connectivity index (χ1v) is 10.2. The zero-order valence-electron chi connectivity index (χ0n) is 15.2. The number of carbonyl (C=O) groups excluding carboxylic acids is 1. The molecule has 6 nitrogen and oxygen atoms in total. The van der Waals surface area contributed by atoms with Gasteiger partial charge in [0.15, 0.2) is 5.65 Å². The number of fused-ring (bicyclic) bond motifs is 1. The van der Waals surface area contributed by atoms with E-state index in [0.717, 1.165) is 48.0 Å². The van der Waals surface area contributed by atoms with Crippen molar-refractivity contribution >= 4 is 22.9 Å². The van der Waals surface area contributed by atoms with Crippen LogP contribution >= 0.6 is 11.3 Å². The Hall–Kier alpha value is -3.06. The fraction of sp³-hybridized carbons (Fsp3) is 0.238. The van der Waals surface area contributed by atoms with Gasteiger partial charge in [-0.15, -0.1) is 21.5 Å². The number of piperidine rings is 1. The molecular weight excluding hydrogens is 370 g/mol. The van der Waals surface area contributed by atoms with Crippen molar-refractivity contribution in [1.29, 1.82) is 0 Å². The van der Waals surface area contributed by atoms with E-state index in [1.807, 2.05) is 59.6 Å². The summed E-state index contributed by atoms with van der Waals surface area (Å²) >= 11 is 1.46. The Labute approximate surface area is 166 Å². The third kappa shape index (κ3) is 3.07.